The molecule has 176 valence electrons. The summed E-state index contributed by atoms with van der Waals surface area (Å²) in [5, 5.41) is 10.3. The van der Waals surface area contributed by atoms with Gasteiger partial charge in [0.1, 0.15) is 5.75 Å². The van der Waals surface area contributed by atoms with Gasteiger partial charge in [0, 0.05) is 11.5 Å². The number of hydrogen-bond donors (Lipinski definition) is 1. The first-order valence-electron chi connectivity index (χ1n) is 13.1. The second-order valence-corrected chi connectivity index (χ2v) is 9.25. The Hall–Kier alpha value is -2.09. The van der Waals surface area contributed by atoms with Gasteiger partial charge in [-0.3, -0.25) is 4.79 Å². The Morgan fingerprint density at radius 1 is 0.750 bits per heavy atom. The average Bonchev–Trinajstić information content (AvgIpc) is 2.82. The van der Waals surface area contributed by atoms with Gasteiger partial charge >= 0.3 is 0 Å². The zero-order valence-electron chi connectivity index (χ0n) is 20.5. The maximum atomic E-state index is 13.4. The summed E-state index contributed by atoms with van der Waals surface area (Å²) in [6.45, 7) is 4.42. The number of aryl methyl sites for hydroxylation is 1. The zero-order chi connectivity index (χ0) is 23.0. The quantitative estimate of drug-likeness (QED) is 0.198. The van der Waals surface area contributed by atoms with E-state index in [1.54, 1.807) is 6.07 Å². The standard InChI is InChI=1S/C30H44O2/c1-3-5-7-8-9-10-11-12-13-17-21-28(30(32)25-19-15-14-16-20-25)26-22-23-29(31)27(24-26)18-6-4-2/h14-16,19-20,22-24,28,31H,3-13,17-18,21H2,1-2H3. The third kappa shape index (κ3) is 9.18. The van der Waals surface area contributed by atoms with E-state index >= 15 is 0 Å². The second kappa shape index (κ2) is 15.7. The smallest absolute Gasteiger partial charge is 0.170 e. The van der Waals surface area contributed by atoms with E-state index in [9.17, 15) is 9.90 Å². The van der Waals surface area contributed by atoms with Crippen molar-refractivity contribution in [3.05, 3.63) is 65.2 Å². The van der Waals surface area contributed by atoms with Crippen molar-refractivity contribution in [3.8, 4) is 5.75 Å². The molecule has 1 N–H and O–H groups in total. The van der Waals surface area contributed by atoms with Crippen LogP contribution in [0.1, 0.15) is 125 Å². The molecule has 0 spiro atoms. The van der Waals surface area contributed by atoms with Crippen LogP contribution >= 0.6 is 0 Å². The maximum Gasteiger partial charge on any atom is 0.170 e. The van der Waals surface area contributed by atoms with Crippen molar-refractivity contribution in [2.75, 3.05) is 0 Å². The summed E-state index contributed by atoms with van der Waals surface area (Å²) in [5.41, 5.74) is 2.81. The Morgan fingerprint density at radius 2 is 1.34 bits per heavy atom. The molecule has 0 bridgehead atoms. The highest BCUT2D eigenvalue weighted by atomic mass is 16.3. The van der Waals surface area contributed by atoms with Crippen molar-refractivity contribution >= 4 is 5.78 Å². The summed E-state index contributed by atoms with van der Waals surface area (Å²) in [4.78, 5) is 13.4. The highest BCUT2D eigenvalue weighted by Crippen LogP contribution is 2.31. The van der Waals surface area contributed by atoms with Gasteiger partial charge in [0.15, 0.2) is 5.78 Å². The normalized spacial score (nSPS) is 12.1. The third-order valence-electron chi connectivity index (χ3n) is 6.53. The van der Waals surface area contributed by atoms with Crippen LogP contribution in [0.2, 0.25) is 0 Å². The first-order chi connectivity index (χ1) is 15.7. The van der Waals surface area contributed by atoms with Crippen LogP contribution in [0.15, 0.2) is 48.5 Å². The molecule has 0 fully saturated rings. The Morgan fingerprint density at radius 3 is 1.97 bits per heavy atom. The molecular weight excluding hydrogens is 392 g/mol. The number of phenolic OH excluding ortho intramolecular Hbond substituents is 1. The maximum absolute atomic E-state index is 13.4. The van der Waals surface area contributed by atoms with Gasteiger partial charge in [-0.2, -0.15) is 0 Å². The molecule has 2 aromatic rings. The number of rotatable bonds is 17. The molecule has 1 atom stereocenters. The lowest BCUT2D eigenvalue weighted by molar-refractivity contribution is 0.0953. The molecule has 2 rings (SSSR count). The number of ketones is 1. The Balaban J connectivity index is 1.95. The van der Waals surface area contributed by atoms with Crippen LogP contribution in [0, 0.1) is 0 Å². The van der Waals surface area contributed by atoms with Crippen LogP contribution < -0.4 is 0 Å². The largest absolute Gasteiger partial charge is 0.508 e. The van der Waals surface area contributed by atoms with E-state index in [1.165, 1.54) is 57.8 Å². The van der Waals surface area contributed by atoms with Gasteiger partial charge in [0.05, 0.1) is 0 Å². The molecule has 0 amide bonds. The van der Waals surface area contributed by atoms with E-state index in [2.05, 4.69) is 19.9 Å². The van der Waals surface area contributed by atoms with Crippen LogP contribution in [0.3, 0.4) is 0 Å². The Kier molecular flexibility index (Phi) is 12.8. The number of phenols is 1. The number of benzene rings is 2. The lowest BCUT2D eigenvalue weighted by Crippen LogP contribution is -2.13. The summed E-state index contributed by atoms with van der Waals surface area (Å²) in [6, 6.07) is 15.5. The van der Waals surface area contributed by atoms with Gasteiger partial charge < -0.3 is 5.11 Å². The fraction of sp³-hybridized carbons (Fsp3) is 0.567. The summed E-state index contributed by atoms with van der Waals surface area (Å²) in [6.07, 6.45) is 16.9. The van der Waals surface area contributed by atoms with Crippen LogP contribution in [0.5, 0.6) is 5.75 Å². The van der Waals surface area contributed by atoms with Crippen molar-refractivity contribution < 1.29 is 9.90 Å². The van der Waals surface area contributed by atoms with Gasteiger partial charge in [-0.15, -0.1) is 0 Å². The summed E-state index contributed by atoms with van der Waals surface area (Å²) < 4.78 is 0. The third-order valence-corrected chi connectivity index (χ3v) is 6.53. The minimum absolute atomic E-state index is 0.132. The fourth-order valence-corrected chi connectivity index (χ4v) is 4.48. The highest BCUT2D eigenvalue weighted by molar-refractivity contribution is 6.01. The summed E-state index contributed by atoms with van der Waals surface area (Å²) in [5.74, 6) is 0.424. The van der Waals surface area contributed by atoms with Gasteiger partial charge in [-0.1, -0.05) is 127 Å². The number of Topliss-reactive ketones (excluding diaryl/α,β-unsaturated/α-hetero) is 1. The Bertz CT molecular complexity index is 766. The molecule has 0 radical (unpaired) electrons. The molecule has 0 aliphatic heterocycles. The molecule has 2 aromatic carbocycles. The summed E-state index contributed by atoms with van der Waals surface area (Å²) in [7, 11) is 0. The number of unbranched alkanes of at least 4 members (excludes halogenated alkanes) is 10. The fourth-order valence-electron chi connectivity index (χ4n) is 4.48. The molecule has 32 heavy (non-hydrogen) atoms. The molecule has 0 saturated carbocycles. The topological polar surface area (TPSA) is 37.3 Å². The van der Waals surface area contributed by atoms with Gasteiger partial charge in [0.2, 0.25) is 0 Å². The van der Waals surface area contributed by atoms with E-state index < -0.39 is 0 Å². The number of carbonyl (C=O) groups is 1. The van der Waals surface area contributed by atoms with Crippen molar-refractivity contribution in [3.63, 3.8) is 0 Å². The van der Waals surface area contributed by atoms with Crippen LogP contribution in [-0.2, 0) is 6.42 Å². The van der Waals surface area contributed by atoms with Gasteiger partial charge in [-0.05, 0) is 36.5 Å². The first kappa shape index (κ1) is 26.2. The molecule has 1 unspecified atom stereocenters. The molecule has 0 aliphatic carbocycles. The predicted molar refractivity (Wildman–Crippen MR) is 137 cm³/mol. The van der Waals surface area contributed by atoms with E-state index in [1.807, 2.05) is 36.4 Å². The molecule has 0 aromatic heterocycles. The zero-order valence-corrected chi connectivity index (χ0v) is 20.5. The van der Waals surface area contributed by atoms with E-state index in [4.69, 9.17) is 0 Å². The summed E-state index contributed by atoms with van der Waals surface area (Å²) >= 11 is 0. The molecule has 2 heteroatoms. The van der Waals surface area contributed by atoms with Gasteiger partial charge in [-0.25, -0.2) is 0 Å². The first-order valence-corrected chi connectivity index (χ1v) is 13.1. The van der Waals surface area contributed by atoms with E-state index in [0.29, 0.717) is 5.75 Å². The van der Waals surface area contributed by atoms with Crippen LogP contribution in [-0.4, -0.2) is 10.9 Å². The molecule has 0 saturated heterocycles. The molecular formula is C30H44O2. The lowest BCUT2D eigenvalue weighted by atomic mass is 9.85. The molecule has 0 aliphatic rings. The second-order valence-electron chi connectivity index (χ2n) is 9.25. The average molecular weight is 437 g/mol. The lowest BCUT2D eigenvalue weighted by Gasteiger charge is -2.18. The number of carbonyl (C=O) groups excluding carboxylic acids is 1. The minimum Gasteiger partial charge on any atom is -0.508 e. The van der Waals surface area contributed by atoms with Crippen molar-refractivity contribution in [2.45, 2.75) is 110 Å². The van der Waals surface area contributed by atoms with Crippen molar-refractivity contribution in [1.29, 1.82) is 0 Å². The molecule has 0 heterocycles. The van der Waals surface area contributed by atoms with Crippen LogP contribution in [0.4, 0.5) is 0 Å². The van der Waals surface area contributed by atoms with Gasteiger partial charge in [0.25, 0.3) is 0 Å². The number of hydrogen-bond acceptors (Lipinski definition) is 2. The van der Waals surface area contributed by atoms with E-state index in [-0.39, 0.29) is 11.7 Å². The van der Waals surface area contributed by atoms with Crippen molar-refractivity contribution in [1.82, 2.24) is 0 Å². The SMILES string of the molecule is CCCCCCCCCCCCC(C(=O)c1ccccc1)c1ccc(O)c(CCCC)c1. The van der Waals surface area contributed by atoms with Crippen molar-refractivity contribution in [2.24, 2.45) is 0 Å². The monoisotopic (exact) mass is 436 g/mol. The Labute approximate surface area is 196 Å². The number of aromatic hydroxyl groups is 1. The predicted octanol–water partition coefficient (Wildman–Crippen LogP) is 9.01. The minimum atomic E-state index is -0.132. The highest BCUT2D eigenvalue weighted by Gasteiger charge is 2.22. The van der Waals surface area contributed by atoms with Crippen LogP contribution in [0.25, 0.3) is 0 Å². The molecule has 2 nitrogen and oxygen atoms in total. The van der Waals surface area contributed by atoms with E-state index in [0.717, 1.165) is 48.8 Å².